The molecule has 1 aromatic heterocycles. The zero-order chi connectivity index (χ0) is 24.2. The van der Waals surface area contributed by atoms with Crippen molar-refractivity contribution in [3.05, 3.63) is 23.5 Å². The SMILES string of the molecule is C=NC(C)c1nccc(C)c1N(C)C(=O)N=C(C)N1CCN(C(=O)OC(C)(C)C)C[C@@H]1C. The van der Waals surface area contributed by atoms with E-state index in [0.29, 0.717) is 36.9 Å². The van der Waals surface area contributed by atoms with Crippen LogP contribution in [0.2, 0.25) is 0 Å². The van der Waals surface area contributed by atoms with Gasteiger partial charge in [0.05, 0.1) is 17.4 Å². The van der Waals surface area contributed by atoms with Crippen LogP contribution in [-0.2, 0) is 4.74 Å². The van der Waals surface area contributed by atoms with Crippen molar-refractivity contribution < 1.29 is 14.3 Å². The number of anilines is 1. The second kappa shape index (κ2) is 10.1. The van der Waals surface area contributed by atoms with Crippen molar-refractivity contribution >= 4 is 30.4 Å². The standard InChI is InChI=1S/C23H36N6O3/c1-15-10-11-25-19(17(3)24-8)20(15)27(9)21(30)26-18(4)29-13-12-28(14-16(29)2)22(31)32-23(5,6)7/h10-11,16-17H,8,12-14H2,1-7,9H3/t16-,17?/m0/s1. The lowest BCUT2D eigenvalue weighted by Crippen LogP contribution is -2.55. The molecule has 9 nitrogen and oxygen atoms in total. The summed E-state index contributed by atoms with van der Waals surface area (Å²) in [6.07, 6.45) is 1.38. The largest absolute Gasteiger partial charge is 0.444 e. The van der Waals surface area contributed by atoms with Crippen molar-refractivity contribution in [3.8, 4) is 0 Å². The third-order valence-electron chi connectivity index (χ3n) is 5.40. The third kappa shape index (κ3) is 6.05. The minimum Gasteiger partial charge on any atom is -0.444 e. The number of aryl methyl sites for hydroxylation is 1. The van der Waals surface area contributed by atoms with E-state index < -0.39 is 11.6 Å². The molecule has 1 aliphatic rings. The van der Waals surface area contributed by atoms with E-state index in [1.165, 1.54) is 4.90 Å². The van der Waals surface area contributed by atoms with Gasteiger partial charge in [-0.3, -0.25) is 14.9 Å². The molecule has 0 aliphatic carbocycles. The summed E-state index contributed by atoms with van der Waals surface area (Å²) in [6, 6.07) is 1.22. The maximum absolute atomic E-state index is 13.0. The quantitative estimate of drug-likeness (QED) is 0.518. The second-order valence-corrected chi connectivity index (χ2v) is 9.19. The van der Waals surface area contributed by atoms with Gasteiger partial charge >= 0.3 is 12.1 Å². The molecule has 1 fully saturated rings. The predicted octanol–water partition coefficient (Wildman–Crippen LogP) is 4.07. The first-order valence-corrected chi connectivity index (χ1v) is 10.8. The van der Waals surface area contributed by atoms with Gasteiger partial charge in [-0.1, -0.05) is 0 Å². The monoisotopic (exact) mass is 444 g/mol. The predicted molar refractivity (Wildman–Crippen MR) is 128 cm³/mol. The molecule has 2 rings (SSSR count). The molecule has 9 heteroatoms. The Kier molecular flexibility index (Phi) is 7.98. The molecule has 1 aliphatic heterocycles. The van der Waals surface area contributed by atoms with E-state index in [4.69, 9.17) is 4.74 Å². The number of hydrogen-bond donors (Lipinski definition) is 0. The molecule has 0 aromatic carbocycles. The number of nitrogens with zero attached hydrogens (tertiary/aromatic N) is 6. The number of amidine groups is 1. The van der Waals surface area contributed by atoms with Crippen LogP contribution < -0.4 is 4.90 Å². The average Bonchev–Trinajstić information content (AvgIpc) is 2.70. The number of amides is 3. The summed E-state index contributed by atoms with van der Waals surface area (Å²) in [4.78, 5) is 43.4. The molecule has 0 bridgehead atoms. The van der Waals surface area contributed by atoms with Gasteiger partial charge in [0.15, 0.2) is 0 Å². The highest BCUT2D eigenvalue weighted by Crippen LogP contribution is 2.29. The fourth-order valence-electron chi connectivity index (χ4n) is 3.70. The van der Waals surface area contributed by atoms with Gasteiger partial charge in [0.25, 0.3) is 0 Å². The number of piperazine rings is 1. The van der Waals surface area contributed by atoms with Gasteiger partial charge in [-0.25, -0.2) is 9.59 Å². The first kappa shape index (κ1) is 25.3. The van der Waals surface area contributed by atoms with Gasteiger partial charge < -0.3 is 14.5 Å². The fourth-order valence-corrected chi connectivity index (χ4v) is 3.70. The molecule has 2 atom stereocenters. The molecule has 0 N–H and O–H groups in total. The lowest BCUT2D eigenvalue weighted by Gasteiger charge is -2.41. The van der Waals surface area contributed by atoms with Gasteiger partial charge in [0.2, 0.25) is 0 Å². The summed E-state index contributed by atoms with van der Waals surface area (Å²) in [5.41, 5.74) is 1.75. The maximum Gasteiger partial charge on any atom is 0.410 e. The Bertz CT molecular complexity index is 892. The molecule has 1 unspecified atom stereocenters. The fraction of sp³-hybridized carbons (Fsp3) is 0.609. The molecule has 0 radical (unpaired) electrons. The summed E-state index contributed by atoms with van der Waals surface area (Å²) in [5, 5.41) is 0. The van der Waals surface area contributed by atoms with Crippen LogP contribution in [0.1, 0.15) is 58.8 Å². The normalized spacial score (nSPS) is 18.2. The molecule has 176 valence electrons. The van der Waals surface area contributed by atoms with Crippen LogP contribution in [0.25, 0.3) is 0 Å². The molecule has 3 amide bonds. The Morgan fingerprint density at radius 1 is 1.34 bits per heavy atom. The molecule has 1 saturated heterocycles. The highest BCUT2D eigenvalue weighted by Gasteiger charge is 2.31. The minimum absolute atomic E-state index is 0.00111. The zero-order valence-electron chi connectivity index (χ0n) is 20.5. The molecule has 32 heavy (non-hydrogen) atoms. The summed E-state index contributed by atoms with van der Waals surface area (Å²) in [7, 11) is 1.69. The number of carbonyl (C=O) groups is 2. The van der Waals surface area contributed by atoms with Crippen LogP contribution in [0.3, 0.4) is 0 Å². The number of ether oxygens (including phenoxy) is 1. The van der Waals surface area contributed by atoms with Crippen LogP contribution in [0.15, 0.2) is 22.2 Å². The summed E-state index contributed by atoms with van der Waals surface area (Å²) in [6.45, 7) is 18.4. The van der Waals surface area contributed by atoms with Crippen LogP contribution in [0.4, 0.5) is 15.3 Å². The minimum atomic E-state index is -0.534. The van der Waals surface area contributed by atoms with Gasteiger partial charge in [0, 0.05) is 38.9 Å². The van der Waals surface area contributed by atoms with Crippen molar-refractivity contribution in [2.24, 2.45) is 9.98 Å². The number of aliphatic imine (C=N–C) groups is 2. The second-order valence-electron chi connectivity index (χ2n) is 9.19. The van der Waals surface area contributed by atoms with Crippen molar-refractivity contribution in [3.63, 3.8) is 0 Å². The number of pyridine rings is 1. The molecular weight excluding hydrogens is 408 g/mol. The molecule has 0 spiro atoms. The first-order valence-electron chi connectivity index (χ1n) is 10.8. The van der Waals surface area contributed by atoms with Gasteiger partial charge in [-0.05, 0) is 66.8 Å². The third-order valence-corrected chi connectivity index (χ3v) is 5.40. The van der Waals surface area contributed by atoms with E-state index >= 15 is 0 Å². The van der Waals surface area contributed by atoms with E-state index in [0.717, 1.165) is 5.56 Å². The van der Waals surface area contributed by atoms with Gasteiger partial charge in [-0.15, -0.1) is 0 Å². The Morgan fingerprint density at radius 2 is 2.00 bits per heavy atom. The van der Waals surface area contributed by atoms with Crippen LogP contribution in [0.5, 0.6) is 0 Å². The lowest BCUT2D eigenvalue weighted by molar-refractivity contribution is 0.0133. The van der Waals surface area contributed by atoms with Crippen LogP contribution in [0, 0.1) is 6.92 Å². The Hall–Kier alpha value is -2.97. The number of urea groups is 1. The lowest BCUT2D eigenvalue weighted by atomic mass is 10.1. The van der Waals surface area contributed by atoms with Crippen molar-refractivity contribution in [1.82, 2.24) is 14.8 Å². The van der Waals surface area contributed by atoms with Gasteiger partial charge in [0.1, 0.15) is 11.4 Å². The van der Waals surface area contributed by atoms with E-state index in [1.54, 1.807) is 18.1 Å². The smallest absolute Gasteiger partial charge is 0.410 e. The van der Waals surface area contributed by atoms with E-state index in [2.05, 4.69) is 21.7 Å². The molecular formula is C23H36N6O3. The topological polar surface area (TPSA) is 90.7 Å². The number of hydrogen-bond acceptors (Lipinski definition) is 5. The summed E-state index contributed by atoms with van der Waals surface area (Å²) < 4.78 is 5.48. The number of rotatable bonds is 3. The van der Waals surface area contributed by atoms with Crippen molar-refractivity contribution in [2.45, 2.75) is 66.2 Å². The first-order chi connectivity index (χ1) is 14.9. The molecule has 2 heterocycles. The van der Waals surface area contributed by atoms with Crippen molar-refractivity contribution in [1.29, 1.82) is 0 Å². The van der Waals surface area contributed by atoms with Gasteiger partial charge in [-0.2, -0.15) is 4.99 Å². The Morgan fingerprint density at radius 3 is 2.56 bits per heavy atom. The average molecular weight is 445 g/mol. The van der Waals surface area contributed by atoms with E-state index in [-0.39, 0.29) is 18.2 Å². The zero-order valence-corrected chi connectivity index (χ0v) is 20.5. The number of aromatic nitrogens is 1. The Balaban J connectivity index is 2.14. The van der Waals surface area contributed by atoms with Crippen LogP contribution >= 0.6 is 0 Å². The van der Waals surface area contributed by atoms with E-state index in [1.807, 2.05) is 59.4 Å². The summed E-state index contributed by atoms with van der Waals surface area (Å²) >= 11 is 0. The maximum atomic E-state index is 13.0. The Labute approximate surface area is 191 Å². The summed E-state index contributed by atoms with van der Waals surface area (Å²) in [5.74, 6) is 0.608. The van der Waals surface area contributed by atoms with E-state index in [9.17, 15) is 9.59 Å². The van der Waals surface area contributed by atoms with Crippen molar-refractivity contribution in [2.75, 3.05) is 31.6 Å². The number of carbonyl (C=O) groups excluding carboxylic acids is 2. The van der Waals surface area contributed by atoms with Crippen LogP contribution in [-0.4, -0.2) is 77.8 Å². The highest BCUT2D eigenvalue weighted by atomic mass is 16.6. The molecule has 0 saturated carbocycles. The highest BCUT2D eigenvalue weighted by molar-refractivity contribution is 6.01. The molecule has 1 aromatic rings.